The molecule has 0 aromatic carbocycles. The molecule has 0 aliphatic rings. The molecule has 0 spiro atoms. The molecule has 100 valence electrons. The number of ether oxygens (including phenoxy) is 1. The minimum Gasteiger partial charge on any atom is -0.466 e. The van der Waals surface area contributed by atoms with E-state index in [1.54, 1.807) is 0 Å². The number of carbonyl (C=O) groups is 1. The van der Waals surface area contributed by atoms with Gasteiger partial charge in [0.2, 0.25) is 5.88 Å². The normalized spacial score (nSPS) is 12.6. The van der Waals surface area contributed by atoms with Gasteiger partial charge >= 0.3 is 0 Å². The van der Waals surface area contributed by atoms with E-state index >= 15 is 0 Å². The van der Waals surface area contributed by atoms with E-state index in [9.17, 15) is 4.79 Å². The number of pyridine rings is 1. The van der Waals surface area contributed by atoms with Gasteiger partial charge in [-0.1, -0.05) is 33.3 Å². The molecule has 0 saturated heterocycles. The summed E-state index contributed by atoms with van der Waals surface area (Å²) in [7, 11) is 0. The third-order valence-electron chi connectivity index (χ3n) is 3.02. The van der Waals surface area contributed by atoms with Crippen molar-refractivity contribution >= 4 is 5.78 Å². The highest BCUT2D eigenvalue weighted by Crippen LogP contribution is 2.17. The first-order valence-corrected chi connectivity index (χ1v) is 6.60. The van der Waals surface area contributed by atoms with E-state index in [0.29, 0.717) is 5.88 Å². The first-order chi connectivity index (χ1) is 8.45. The summed E-state index contributed by atoms with van der Waals surface area (Å²) in [5.41, 5.74) is 2.07. The molecular weight excluding hydrogens is 226 g/mol. The van der Waals surface area contributed by atoms with Crippen molar-refractivity contribution in [3.63, 3.8) is 0 Å². The lowest BCUT2D eigenvalue weighted by Gasteiger charge is -2.19. The summed E-state index contributed by atoms with van der Waals surface area (Å²) in [5.74, 6) is 0.690. The van der Waals surface area contributed by atoms with Crippen LogP contribution in [0.5, 0.6) is 5.88 Å². The van der Waals surface area contributed by atoms with Gasteiger partial charge < -0.3 is 4.74 Å². The maximum Gasteiger partial charge on any atom is 0.214 e. The first kappa shape index (κ1) is 14.7. The van der Waals surface area contributed by atoms with Crippen LogP contribution in [0, 0.1) is 19.8 Å². The van der Waals surface area contributed by atoms with Crippen molar-refractivity contribution < 1.29 is 9.53 Å². The molecule has 1 aromatic rings. The highest BCUT2D eigenvalue weighted by molar-refractivity contribution is 5.85. The Morgan fingerprint density at radius 3 is 2.50 bits per heavy atom. The molecule has 1 heterocycles. The van der Waals surface area contributed by atoms with E-state index in [2.05, 4.69) is 11.9 Å². The molecule has 0 bridgehead atoms. The van der Waals surface area contributed by atoms with Crippen LogP contribution in [0.25, 0.3) is 0 Å². The predicted octanol–water partition coefficient (Wildman–Crippen LogP) is 3.47. The maximum absolute atomic E-state index is 12.0. The number of hydrogen-bond acceptors (Lipinski definition) is 3. The number of Topliss-reactive ketones (excluding diaryl/α,β-unsaturated/α-hetero) is 1. The predicted molar refractivity (Wildman–Crippen MR) is 72.9 cm³/mol. The molecule has 1 rings (SSSR count). The number of hydrogen-bond donors (Lipinski definition) is 0. The average molecular weight is 249 g/mol. The standard InChI is InChI=1S/C15H23NO2/c1-6-7-13(15(17)10(2)3)18-14-9-8-11(4)12(5)16-14/h8-10,13H,6-7H2,1-5H3. The zero-order valence-electron chi connectivity index (χ0n) is 12.0. The van der Waals surface area contributed by atoms with Crippen molar-refractivity contribution in [1.29, 1.82) is 0 Å². The number of aromatic nitrogens is 1. The van der Waals surface area contributed by atoms with Crippen LogP contribution in [0.1, 0.15) is 44.9 Å². The molecule has 0 aliphatic carbocycles. The van der Waals surface area contributed by atoms with Crippen molar-refractivity contribution in [2.24, 2.45) is 5.92 Å². The fourth-order valence-corrected chi connectivity index (χ4v) is 1.71. The van der Waals surface area contributed by atoms with Crippen molar-refractivity contribution in [3.8, 4) is 5.88 Å². The van der Waals surface area contributed by atoms with Gasteiger partial charge in [-0.3, -0.25) is 4.79 Å². The van der Waals surface area contributed by atoms with Crippen molar-refractivity contribution in [2.45, 2.75) is 53.6 Å². The van der Waals surface area contributed by atoms with E-state index in [1.165, 1.54) is 0 Å². The minimum atomic E-state index is -0.371. The Morgan fingerprint density at radius 2 is 2.00 bits per heavy atom. The highest BCUT2D eigenvalue weighted by atomic mass is 16.5. The van der Waals surface area contributed by atoms with E-state index < -0.39 is 0 Å². The molecule has 0 radical (unpaired) electrons. The molecule has 1 unspecified atom stereocenters. The van der Waals surface area contributed by atoms with Gasteiger partial charge in [-0.05, 0) is 25.8 Å². The molecule has 1 aromatic heterocycles. The number of carbonyl (C=O) groups excluding carboxylic acids is 1. The fourth-order valence-electron chi connectivity index (χ4n) is 1.71. The second-order valence-electron chi connectivity index (χ2n) is 5.00. The van der Waals surface area contributed by atoms with Gasteiger partial charge in [0.05, 0.1) is 0 Å². The van der Waals surface area contributed by atoms with Crippen LogP contribution in [0.4, 0.5) is 0 Å². The van der Waals surface area contributed by atoms with Crippen molar-refractivity contribution in [3.05, 3.63) is 23.4 Å². The zero-order chi connectivity index (χ0) is 13.7. The Morgan fingerprint density at radius 1 is 1.33 bits per heavy atom. The summed E-state index contributed by atoms with van der Waals surface area (Å²) in [6.45, 7) is 9.82. The summed E-state index contributed by atoms with van der Waals surface area (Å²) in [6.07, 6.45) is 1.30. The fraction of sp³-hybridized carbons (Fsp3) is 0.600. The topological polar surface area (TPSA) is 39.2 Å². The van der Waals surface area contributed by atoms with E-state index in [0.717, 1.165) is 24.1 Å². The first-order valence-electron chi connectivity index (χ1n) is 6.60. The Kier molecular flexibility index (Phi) is 5.32. The van der Waals surface area contributed by atoms with E-state index in [-0.39, 0.29) is 17.8 Å². The van der Waals surface area contributed by atoms with Crippen molar-refractivity contribution in [1.82, 2.24) is 4.98 Å². The zero-order valence-corrected chi connectivity index (χ0v) is 12.0. The van der Waals surface area contributed by atoms with Crippen LogP contribution in [-0.2, 0) is 4.79 Å². The SMILES string of the molecule is CCCC(Oc1ccc(C)c(C)n1)C(=O)C(C)C. The van der Waals surface area contributed by atoms with Crippen LogP contribution in [-0.4, -0.2) is 16.9 Å². The van der Waals surface area contributed by atoms with Crippen molar-refractivity contribution in [2.75, 3.05) is 0 Å². The molecular formula is C15H23NO2. The molecule has 0 amide bonds. The Hall–Kier alpha value is -1.38. The Bertz CT molecular complexity index is 413. The lowest BCUT2D eigenvalue weighted by Crippen LogP contribution is -2.31. The quantitative estimate of drug-likeness (QED) is 0.775. The van der Waals surface area contributed by atoms with Crippen LogP contribution in [0.3, 0.4) is 0 Å². The monoisotopic (exact) mass is 249 g/mol. The molecule has 0 aliphatic heterocycles. The van der Waals surface area contributed by atoms with Crippen LogP contribution >= 0.6 is 0 Å². The highest BCUT2D eigenvalue weighted by Gasteiger charge is 2.22. The van der Waals surface area contributed by atoms with Gasteiger partial charge in [0.1, 0.15) is 0 Å². The average Bonchev–Trinajstić information content (AvgIpc) is 2.32. The molecule has 0 saturated carbocycles. The van der Waals surface area contributed by atoms with Gasteiger partial charge in [0.25, 0.3) is 0 Å². The Labute approximate surface area is 110 Å². The third-order valence-corrected chi connectivity index (χ3v) is 3.02. The van der Waals surface area contributed by atoms with Gasteiger partial charge in [0.15, 0.2) is 11.9 Å². The second kappa shape index (κ2) is 6.53. The molecule has 1 atom stereocenters. The van der Waals surface area contributed by atoms with Crippen LogP contribution in [0.15, 0.2) is 12.1 Å². The lowest BCUT2D eigenvalue weighted by molar-refractivity contribution is -0.129. The summed E-state index contributed by atoms with van der Waals surface area (Å²) in [6, 6.07) is 3.80. The molecule has 18 heavy (non-hydrogen) atoms. The van der Waals surface area contributed by atoms with Gasteiger partial charge in [-0.25, -0.2) is 4.98 Å². The smallest absolute Gasteiger partial charge is 0.214 e. The second-order valence-corrected chi connectivity index (χ2v) is 5.00. The molecule has 3 nitrogen and oxygen atoms in total. The summed E-state index contributed by atoms with van der Waals surface area (Å²) in [4.78, 5) is 16.4. The molecule has 0 N–H and O–H groups in total. The third kappa shape index (κ3) is 3.83. The number of aryl methyl sites for hydroxylation is 2. The number of rotatable bonds is 6. The summed E-state index contributed by atoms with van der Waals surface area (Å²) in [5, 5.41) is 0. The van der Waals surface area contributed by atoms with Gasteiger partial charge in [-0.2, -0.15) is 0 Å². The van der Waals surface area contributed by atoms with Gasteiger partial charge in [0, 0.05) is 17.7 Å². The number of nitrogens with zero attached hydrogens (tertiary/aromatic N) is 1. The van der Waals surface area contributed by atoms with E-state index in [4.69, 9.17) is 4.74 Å². The van der Waals surface area contributed by atoms with Crippen LogP contribution in [0.2, 0.25) is 0 Å². The van der Waals surface area contributed by atoms with Crippen LogP contribution < -0.4 is 4.74 Å². The maximum atomic E-state index is 12.0. The summed E-state index contributed by atoms with van der Waals surface area (Å²) >= 11 is 0. The molecule has 0 fully saturated rings. The lowest BCUT2D eigenvalue weighted by atomic mass is 10.0. The van der Waals surface area contributed by atoms with Gasteiger partial charge in [-0.15, -0.1) is 0 Å². The number of ketones is 1. The largest absolute Gasteiger partial charge is 0.466 e. The minimum absolute atomic E-state index is 0.00639. The van der Waals surface area contributed by atoms with E-state index in [1.807, 2.05) is 39.8 Å². The molecule has 3 heteroatoms. The Balaban J connectivity index is 2.82. The summed E-state index contributed by atoms with van der Waals surface area (Å²) < 4.78 is 5.75.